The van der Waals surface area contributed by atoms with Crippen LogP contribution >= 0.6 is 11.3 Å². The van der Waals surface area contributed by atoms with E-state index in [-0.39, 0.29) is 12.0 Å². The molecule has 1 amide bonds. The minimum Gasteiger partial charge on any atom is -0.473 e. The normalized spacial score (nSPS) is 10.8. The molecule has 0 saturated carbocycles. The summed E-state index contributed by atoms with van der Waals surface area (Å²) in [5.74, 6) is 0.496. The van der Waals surface area contributed by atoms with Crippen molar-refractivity contribution in [3.63, 3.8) is 0 Å². The van der Waals surface area contributed by atoms with Crippen molar-refractivity contribution in [1.82, 2.24) is 9.97 Å². The first kappa shape index (κ1) is 19.8. The topological polar surface area (TPSA) is 67.4 Å². The summed E-state index contributed by atoms with van der Waals surface area (Å²) in [6, 6.07) is 11.6. The Bertz CT molecular complexity index is 938. The van der Waals surface area contributed by atoms with Gasteiger partial charge in [-0.3, -0.25) is 9.69 Å². The molecule has 1 aromatic carbocycles. The molecule has 3 rings (SSSR count). The SMILES string of the molecule is CC(=O)N(c1ccc(C)cc1)c1nc(CNc2cccnc2OC(C)C)cs1. The Hall–Kier alpha value is -2.93. The van der Waals surface area contributed by atoms with Crippen molar-refractivity contribution in [3.8, 4) is 5.88 Å². The van der Waals surface area contributed by atoms with E-state index in [1.807, 2.05) is 62.5 Å². The lowest BCUT2D eigenvalue weighted by Crippen LogP contribution is -2.22. The fourth-order valence-electron chi connectivity index (χ4n) is 2.63. The Morgan fingerprint density at radius 2 is 2.00 bits per heavy atom. The maximum absolute atomic E-state index is 12.2. The molecule has 7 heteroatoms. The predicted molar refractivity (Wildman–Crippen MR) is 113 cm³/mol. The molecule has 3 aromatic rings. The van der Waals surface area contributed by atoms with Crippen LogP contribution in [0.1, 0.15) is 32.0 Å². The van der Waals surface area contributed by atoms with Crippen LogP contribution in [-0.4, -0.2) is 22.0 Å². The van der Waals surface area contributed by atoms with Crippen LogP contribution in [-0.2, 0) is 11.3 Å². The van der Waals surface area contributed by atoms with Gasteiger partial charge in [-0.05, 0) is 45.0 Å². The highest BCUT2D eigenvalue weighted by molar-refractivity contribution is 7.14. The first-order valence-corrected chi connectivity index (χ1v) is 9.99. The number of pyridine rings is 1. The largest absolute Gasteiger partial charge is 0.473 e. The van der Waals surface area contributed by atoms with E-state index < -0.39 is 0 Å². The molecule has 0 atom stereocenters. The van der Waals surface area contributed by atoms with Gasteiger partial charge in [-0.15, -0.1) is 11.3 Å². The maximum atomic E-state index is 12.2. The third-order valence-electron chi connectivity index (χ3n) is 3.92. The van der Waals surface area contributed by atoms with Gasteiger partial charge in [0, 0.05) is 18.5 Å². The minimum atomic E-state index is -0.0717. The Balaban J connectivity index is 1.75. The monoisotopic (exact) mass is 396 g/mol. The third kappa shape index (κ3) is 4.86. The predicted octanol–water partition coefficient (Wildman–Crippen LogP) is 4.93. The van der Waals surface area contributed by atoms with Gasteiger partial charge < -0.3 is 10.1 Å². The summed E-state index contributed by atoms with van der Waals surface area (Å²) in [5, 5.41) is 5.92. The van der Waals surface area contributed by atoms with Crippen molar-refractivity contribution < 1.29 is 9.53 Å². The van der Waals surface area contributed by atoms with Crippen LogP contribution in [0, 0.1) is 6.92 Å². The van der Waals surface area contributed by atoms with Gasteiger partial charge in [0.25, 0.3) is 0 Å². The summed E-state index contributed by atoms with van der Waals surface area (Å²) in [6.45, 7) is 8.00. The molecule has 1 N–H and O–H groups in total. The quantitative estimate of drug-likeness (QED) is 0.613. The summed E-state index contributed by atoms with van der Waals surface area (Å²) < 4.78 is 5.73. The van der Waals surface area contributed by atoms with Crippen LogP contribution in [0.5, 0.6) is 5.88 Å². The summed E-state index contributed by atoms with van der Waals surface area (Å²) >= 11 is 1.44. The fraction of sp³-hybridized carbons (Fsp3) is 0.286. The molecule has 0 aliphatic carbocycles. The molecule has 28 heavy (non-hydrogen) atoms. The Labute approximate surface area is 169 Å². The van der Waals surface area contributed by atoms with Crippen LogP contribution in [0.2, 0.25) is 0 Å². The lowest BCUT2D eigenvalue weighted by Gasteiger charge is -2.18. The van der Waals surface area contributed by atoms with E-state index in [4.69, 9.17) is 4.74 Å². The number of nitrogens with zero attached hydrogens (tertiary/aromatic N) is 3. The van der Waals surface area contributed by atoms with E-state index in [1.165, 1.54) is 11.3 Å². The number of hydrogen-bond donors (Lipinski definition) is 1. The molecular weight excluding hydrogens is 372 g/mol. The summed E-state index contributed by atoms with van der Waals surface area (Å²) in [5.41, 5.74) is 3.62. The van der Waals surface area contributed by atoms with Crippen LogP contribution in [0.3, 0.4) is 0 Å². The summed E-state index contributed by atoms with van der Waals surface area (Å²) in [6.07, 6.45) is 1.75. The van der Waals surface area contributed by atoms with Gasteiger partial charge in [-0.25, -0.2) is 9.97 Å². The van der Waals surface area contributed by atoms with Gasteiger partial charge in [0.1, 0.15) is 0 Å². The highest BCUT2D eigenvalue weighted by atomic mass is 32.1. The highest BCUT2D eigenvalue weighted by Gasteiger charge is 2.18. The second kappa shape index (κ2) is 8.84. The Morgan fingerprint density at radius 3 is 2.68 bits per heavy atom. The van der Waals surface area contributed by atoms with Crippen LogP contribution in [0.15, 0.2) is 48.0 Å². The molecule has 0 saturated heterocycles. The number of nitrogens with one attached hydrogen (secondary N) is 1. The Morgan fingerprint density at radius 1 is 1.25 bits per heavy atom. The van der Waals surface area contributed by atoms with E-state index in [9.17, 15) is 4.79 Å². The van der Waals surface area contributed by atoms with Gasteiger partial charge in [-0.1, -0.05) is 17.7 Å². The van der Waals surface area contributed by atoms with Crippen molar-refractivity contribution in [1.29, 1.82) is 0 Å². The molecule has 0 aliphatic rings. The number of aryl methyl sites for hydroxylation is 1. The number of anilines is 3. The lowest BCUT2D eigenvalue weighted by atomic mass is 10.2. The molecule has 0 unspecified atom stereocenters. The first-order chi connectivity index (χ1) is 13.4. The number of thiazole rings is 1. The number of rotatable bonds is 7. The van der Waals surface area contributed by atoms with E-state index in [1.54, 1.807) is 18.0 Å². The average Bonchev–Trinajstić information content (AvgIpc) is 3.10. The van der Waals surface area contributed by atoms with Crippen LogP contribution < -0.4 is 15.0 Å². The van der Waals surface area contributed by atoms with Crippen molar-refractivity contribution in [2.45, 2.75) is 40.3 Å². The molecule has 146 valence electrons. The van der Waals surface area contributed by atoms with Gasteiger partial charge >= 0.3 is 0 Å². The Kier molecular flexibility index (Phi) is 6.26. The number of carbonyl (C=O) groups is 1. The number of aromatic nitrogens is 2. The molecule has 6 nitrogen and oxygen atoms in total. The first-order valence-electron chi connectivity index (χ1n) is 9.11. The van der Waals surface area contributed by atoms with Gasteiger partial charge in [0.05, 0.1) is 29.7 Å². The summed E-state index contributed by atoms with van der Waals surface area (Å²) in [7, 11) is 0. The van der Waals surface area contributed by atoms with Crippen molar-refractivity contribution in [2.75, 3.05) is 10.2 Å². The molecule has 2 heterocycles. The van der Waals surface area contributed by atoms with Gasteiger partial charge in [0.15, 0.2) is 5.13 Å². The fourth-order valence-corrected chi connectivity index (χ4v) is 3.52. The molecule has 0 radical (unpaired) electrons. The van der Waals surface area contributed by atoms with E-state index >= 15 is 0 Å². The zero-order chi connectivity index (χ0) is 20.1. The van der Waals surface area contributed by atoms with Gasteiger partial charge in [-0.2, -0.15) is 0 Å². The molecule has 0 bridgehead atoms. The number of amides is 1. The number of benzene rings is 1. The maximum Gasteiger partial charge on any atom is 0.237 e. The molecule has 0 spiro atoms. The van der Waals surface area contributed by atoms with Crippen molar-refractivity contribution in [2.24, 2.45) is 0 Å². The van der Waals surface area contributed by atoms with Crippen molar-refractivity contribution in [3.05, 3.63) is 59.2 Å². The molecular formula is C21H24N4O2S. The minimum absolute atomic E-state index is 0.0416. The molecule has 0 aliphatic heterocycles. The van der Waals surface area contributed by atoms with Crippen molar-refractivity contribution >= 4 is 33.8 Å². The second-order valence-corrected chi connectivity index (χ2v) is 7.52. The average molecular weight is 397 g/mol. The number of hydrogen-bond acceptors (Lipinski definition) is 6. The number of ether oxygens (including phenoxy) is 1. The third-order valence-corrected chi connectivity index (χ3v) is 4.79. The standard InChI is InChI=1S/C21H24N4O2S/c1-14(2)27-20-19(6-5-11-22-20)23-12-17-13-28-21(24-17)25(16(4)26)18-9-7-15(3)8-10-18/h5-11,13-14,23H,12H2,1-4H3. The molecule has 0 fully saturated rings. The van der Waals surface area contributed by atoms with E-state index in [0.717, 1.165) is 22.6 Å². The smallest absolute Gasteiger partial charge is 0.237 e. The van der Waals surface area contributed by atoms with Crippen LogP contribution in [0.4, 0.5) is 16.5 Å². The lowest BCUT2D eigenvalue weighted by molar-refractivity contribution is -0.115. The van der Waals surface area contributed by atoms with E-state index in [2.05, 4.69) is 15.3 Å². The van der Waals surface area contributed by atoms with E-state index in [0.29, 0.717) is 17.6 Å². The zero-order valence-corrected chi connectivity index (χ0v) is 17.3. The highest BCUT2D eigenvalue weighted by Crippen LogP contribution is 2.30. The second-order valence-electron chi connectivity index (χ2n) is 6.69. The van der Waals surface area contributed by atoms with Gasteiger partial charge in [0.2, 0.25) is 11.8 Å². The summed E-state index contributed by atoms with van der Waals surface area (Å²) in [4.78, 5) is 22.8. The molecule has 2 aromatic heterocycles. The van der Waals surface area contributed by atoms with Crippen LogP contribution in [0.25, 0.3) is 0 Å². The zero-order valence-electron chi connectivity index (χ0n) is 16.5. The number of carbonyl (C=O) groups excluding carboxylic acids is 1.